The van der Waals surface area contributed by atoms with Gasteiger partial charge in [0.2, 0.25) is 0 Å². The topological polar surface area (TPSA) is 86.3 Å². The number of carbonyl (C=O) groups is 1. The van der Waals surface area contributed by atoms with Crippen LogP contribution in [0, 0.1) is 5.92 Å². The van der Waals surface area contributed by atoms with Gasteiger partial charge in [0.15, 0.2) is 5.82 Å². The van der Waals surface area contributed by atoms with Gasteiger partial charge in [0.25, 0.3) is 0 Å². The minimum atomic E-state index is -4.23. The van der Waals surface area contributed by atoms with E-state index in [0.29, 0.717) is 55.6 Å². The molecule has 0 radical (unpaired) electrons. The van der Waals surface area contributed by atoms with E-state index in [0.717, 1.165) is 0 Å². The molecule has 0 aromatic carbocycles. The first-order chi connectivity index (χ1) is 14.4. The Morgan fingerprint density at radius 3 is 2.83 bits per heavy atom. The summed E-state index contributed by atoms with van der Waals surface area (Å²) in [6, 6.07) is 4.64. The Balaban J connectivity index is 1.59. The minimum absolute atomic E-state index is 0.125. The number of halogens is 3. The van der Waals surface area contributed by atoms with Crippen LogP contribution in [0.4, 0.5) is 41.1 Å². The summed E-state index contributed by atoms with van der Waals surface area (Å²) in [5.74, 6) is -0.187. The number of nitrogens with zero attached hydrogens (tertiary/aromatic N) is 5. The molecule has 2 amide bonds. The van der Waals surface area contributed by atoms with Crippen LogP contribution in [0.15, 0.2) is 30.7 Å². The number of rotatable bonds is 2. The van der Waals surface area contributed by atoms with Crippen LogP contribution in [0.3, 0.4) is 0 Å². The fraction of sp³-hybridized carbons (Fsp3) is 0.474. The van der Waals surface area contributed by atoms with Gasteiger partial charge in [-0.2, -0.15) is 13.2 Å². The Kier molecular flexibility index (Phi) is 5.60. The van der Waals surface area contributed by atoms with Gasteiger partial charge in [0.1, 0.15) is 18.0 Å². The number of fused-ring (bicyclic) bond motifs is 1. The summed E-state index contributed by atoms with van der Waals surface area (Å²) in [4.78, 5) is 28.4. The quantitative estimate of drug-likeness (QED) is 0.772. The molecule has 4 heterocycles. The van der Waals surface area contributed by atoms with Gasteiger partial charge in [0.05, 0.1) is 11.6 Å². The standard InChI is InChI=1S/C19H22F3N7O/c20-19(21,22)13-3-1-9-28(11-13)16-5-4-14-17(27-16)29(10-2-7-24-14)18(30)26-15-6-8-23-12-25-15/h4-6,8,12-13,24H,1-3,7,9-11H2,(H,23,25,26,30). The van der Waals surface area contributed by atoms with Crippen molar-refractivity contribution < 1.29 is 18.0 Å². The molecule has 0 spiro atoms. The number of carbonyl (C=O) groups excluding carboxylic acids is 1. The van der Waals surface area contributed by atoms with Crippen LogP contribution in [0.5, 0.6) is 0 Å². The molecule has 4 rings (SSSR count). The number of nitrogens with one attached hydrogen (secondary N) is 2. The predicted molar refractivity (Wildman–Crippen MR) is 107 cm³/mol. The summed E-state index contributed by atoms with van der Waals surface area (Å²) in [7, 11) is 0. The van der Waals surface area contributed by atoms with Gasteiger partial charge in [0, 0.05) is 32.4 Å². The lowest BCUT2D eigenvalue weighted by Gasteiger charge is -2.35. The Hall–Kier alpha value is -3.11. The van der Waals surface area contributed by atoms with Gasteiger partial charge < -0.3 is 10.2 Å². The number of aromatic nitrogens is 3. The summed E-state index contributed by atoms with van der Waals surface area (Å²) in [5.41, 5.74) is 0.665. The van der Waals surface area contributed by atoms with Gasteiger partial charge >= 0.3 is 12.2 Å². The van der Waals surface area contributed by atoms with E-state index >= 15 is 0 Å². The van der Waals surface area contributed by atoms with E-state index in [2.05, 4.69) is 25.6 Å². The minimum Gasteiger partial charge on any atom is -0.382 e. The first-order valence-electron chi connectivity index (χ1n) is 9.83. The van der Waals surface area contributed by atoms with Crippen molar-refractivity contribution in [1.29, 1.82) is 0 Å². The number of piperidine rings is 1. The van der Waals surface area contributed by atoms with E-state index < -0.39 is 18.1 Å². The molecule has 2 aliphatic rings. The lowest BCUT2D eigenvalue weighted by molar-refractivity contribution is -0.176. The Bertz CT molecular complexity index is 893. The zero-order chi connectivity index (χ0) is 21.1. The molecule has 2 aromatic heterocycles. The van der Waals surface area contributed by atoms with Crippen molar-refractivity contribution in [2.75, 3.05) is 46.6 Å². The van der Waals surface area contributed by atoms with Crippen LogP contribution in [-0.4, -0.2) is 53.3 Å². The van der Waals surface area contributed by atoms with Crippen molar-refractivity contribution in [1.82, 2.24) is 15.0 Å². The average molecular weight is 421 g/mol. The van der Waals surface area contributed by atoms with Crippen molar-refractivity contribution in [2.24, 2.45) is 5.92 Å². The average Bonchev–Trinajstić information content (AvgIpc) is 2.96. The maximum atomic E-state index is 13.2. The molecule has 160 valence electrons. The van der Waals surface area contributed by atoms with Crippen LogP contribution in [0.2, 0.25) is 0 Å². The molecular formula is C19H22F3N7O. The molecule has 1 unspecified atom stereocenters. The van der Waals surface area contributed by atoms with Crippen molar-refractivity contribution in [3.05, 3.63) is 30.7 Å². The van der Waals surface area contributed by atoms with Gasteiger partial charge in [-0.15, -0.1) is 0 Å². The van der Waals surface area contributed by atoms with Crippen LogP contribution in [-0.2, 0) is 0 Å². The zero-order valence-corrected chi connectivity index (χ0v) is 16.2. The number of hydrogen-bond acceptors (Lipinski definition) is 6. The molecule has 2 N–H and O–H groups in total. The molecular weight excluding hydrogens is 399 g/mol. The monoisotopic (exact) mass is 421 g/mol. The SMILES string of the molecule is O=C(Nc1ccncn1)N1CCCNc2ccc(N3CCCC(C(F)(F)F)C3)nc21. The third kappa shape index (κ3) is 4.39. The zero-order valence-electron chi connectivity index (χ0n) is 16.2. The molecule has 0 saturated carbocycles. The number of urea groups is 1. The van der Waals surface area contributed by atoms with E-state index in [-0.39, 0.29) is 13.0 Å². The first kappa shape index (κ1) is 20.2. The Morgan fingerprint density at radius 2 is 2.07 bits per heavy atom. The summed E-state index contributed by atoms with van der Waals surface area (Å²) in [6.07, 6.45) is -0.112. The van der Waals surface area contributed by atoms with E-state index in [1.54, 1.807) is 23.1 Å². The molecule has 0 aliphatic carbocycles. The van der Waals surface area contributed by atoms with E-state index in [1.807, 2.05) is 0 Å². The van der Waals surface area contributed by atoms with Gasteiger partial charge in [-0.1, -0.05) is 0 Å². The third-order valence-corrected chi connectivity index (χ3v) is 5.26. The molecule has 8 nitrogen and oxygen atoms in total. The van der Waals surface area contributed by atoms with Gasteiger partial charge in [-0.05, 0) is 37.5 Å². The van der Waals surface area contributed by atoms with Crippen molar-refractivity contribution in [3.63, 3.8) is 0 Å². The van der Waals surface area contributed by atoms with E-state index in [4.69, 9.17) is 0 Å². The number of pyridine rings is 1. The van der Waals surface area contributed by atoms with Crippen molar-refractivity contribution >= 4 is 29.2 Å². The summed E-state index contributed by atoms with van der Waals surface area (Å²) < 4.78 is 39.6. The lowest BCUT2D eigenvalue weighted by Crippen LogP contribution is -2.42. The van der Waals surface area contributed by atoms with Crippen molar-refractivity contribution in [3.8, 4) is 0 Å². The summed E-state index contributed by atoms with van der Waals surface area (Å²) in [5, 5.41) is 5.94. The molecule has 1 fully saturated rings. The molecule has 11 heteroatoms. The summed E-state index contributed by atoms with van der Waals surface area (Å²) in [6.45, 7) is 1.44. The Labute approximate surface area is 171 Å². The van der Waals surface area contributed by atoms with Crippen LogP contribution >= 0.6 is 0 Å². The van der Waals surface area contributed by atoms with Crippen LogP contribution in [0.25, 0.3) is 0 Å². The maximum Gasteiger partial charge on any atom is 0.393 e. The molecule has 2 aliphatic heterocycles. The number of hydrogen-bond donors (Lipinski definition) is 2. The largest absolute Gasteiger partial charge is 0.393 e. The van der Waals surface area contributed by atoms with Crippen LogP contribution < -0.4 is 20.4 Å². The van der Waals surface area contributed by atoms with E-state index in [9.17, 15) is 18.0 Å². The lowest BCUT2D eigenvalue weighted by atomic mass is 9.97. The number of amides is 2. The smallest absolute Gasteiger partial charge is 0.382 e. The Morgan fingerprint density at radius 1 is 1.20 bits per heavy atom. The van der Waals surface area contributed by atoms with Gasteiger partial charge in [-0.25, -0.2) is 19.7 Å². The summed E-state index contributed by atoms with van der Waals surface area (Å²) >= 11 is 0. The molecule has 30 heavy (non-hydrogen) atoms. The normalized spacial score (nSPS) is 19.5. The highest BCUT2D eigenvalue weighted by Crippen LogP contribution is 2.36. The molecule has 1 saturated heterocycles. The van der Waals surface area contributed by atoms with E-state index in [1.165, 1.54) is 17.4 Å². The highest BCUT2D eigenvalue weighted by molar-refractivity contribution is 6.02. The first-order valence-corrected chi connectivity index (χ1v) is 9.83. The maximum absolute atomic E-state index is 13.2. The number of anilines is 4. The molecule has 0 bridgehead atoms. The predicted octanol–water partition coefficient (Wildman–Crippen LogP) is 3.50. The van der Waals surface area contributed by atoms with Gasteiger partial charge in [-0.3, -0.25) is 10.2 Å². The highest BCUT2D eigenvalue weighted by Gasteiger charge is 2.42. The second-order valence-electron chi connectivity index (χ2n) is 7.32. The van der Waals surface area contributed by atoms with Crippen molar-refractivity contribution in [2.45, 2.75) is 25.4 Å². The van der Waals surface area contributed by atoms with Crippen LogP contribution in [0.1, 0.15) is 19.3 Å². The third-order valence-electron chi connectivity index (χ3n) is 5.26. The second-order valence-corrected chi connectivity index (χ2v) is 7.32. The molecule has 1 atom stereocenters. The highest BCUT2D eigenvalue weighted by atomic mass is 19.4. The fourth-order valence-corrected chi connectivity index (χ4v) is 3.72. The second kappa shape index (κ2) is 8.33. The number of alkyl halides is 3. The fourth-order valence-electron chi connectivity index (χ4n) is 3.72. The molecule has 2 aromatic rings.